The van der Waals surface area contributed by atoms with E-state index in [1.54, 1.807) is 0 Å². The topological polar surface area (TPSA) is 85.6 Å². The summed E-state index contributed by atoms with van der Waals surface area (Å²) < 4.78 is 5.70. The molecule has 0 spiro atoms. The molecular weight excluding hydrogens is 472 g/mol. The molecule has 0 unspecified atom stereocenters. The van der Waals surface area contributed by atoms with Gasteiger partial charge in [-0.15, -0.1) is 0 Å². The maximum atomic E-state index is 5.70. The zero-order chi connectivity index (χ0) is 21.4. The third-order valence-electron chi connectivity index (χ3n) is 4.70. The molecule has 0 aliphatic carbocycles. The standard InChI is InChI=1S/C24H34N4OS.BrH/c1-2-3-4-5-6-7-9-20-10-12-21(13-11-20)27-28-22-14-16-23(17-15-22)29-18-8-19-30-24(25)26;/h10-17H,2-9,18-19H2,1H3,(H3,25,26);1H. The van der Waals surface area contributed by atoms with Gasteiger partial charge in [0.2, 0.25) is 0 Å². The minimum atomic E-state index is 0. The van der Waals surface area contributed by atoms with Crippen molar-refractivity contribution in [2.75, 3.05) is 12.4 Å². The maximum Gasteiger partial charge on any atom is 0.299 e. The van der Waals surface area contributed by atoms with Crippen LogP contribution in [-0.2, 0) is 6.42 Å². The van der Waals surface area contributed by atoms with Crippen molar-refractivity contribution in [2.24, 2.45) is 16.0 Å². The van der Waals surface area contributed by atoms with Crippen LogP contribution in [0.2, 0.25) is 0 Å². The lowest BCUT2D eigenvalue weighted by Crippen LogP contribution is -3.00. The smallest absolute Gasteiger partial charge is 0.299 e. The highest BCUT2D eigenvalue weighted by molar-refractivity contribution is 8.13. The highest BCUT2D eigenvalue weighted by Crippen LogP contribution is 2.22. The molecule has 5 nitrogen and oxygen atoms in total. The van der Waals surface area contributed by atoms with Gasteiger partial charge in [0, 0.05) is 5.75 Å². The van der Waals surface area contributed by atoms with E-state index in [9.17, 15) is 0 Å². The van der Waals surface area contributed by atoms with Gasteiger partial charge in [0.1, 0.15) is 5.75 Å². The van der Waals surface area contributed by atoms with Gasteiger partial charge in [0.05, 0.1) is 18.0 Å². The monoisotopic (exact) mass is 506 g/mol. The van der Waals surface area contributed by atoms with Gasteiger partial charge in [0.25, 0.3) is 5.17 Å². The number of benzene rings is 2. The summed E-state index contributed by atoms with van der Waals surface area (Å²) in [4.78, 5) is 0. The van der Waals surface area contributed by atoms with E-state index in [1.165, 1.54) is 55.9 Å². The number of thioether (sulfide) groups is 1. The second-order valence-corrected chi connectivity index (χ2v) is 8.50. The van der Waals surface area contributed by atoms with Crippen molar-refractivity contribution >= 4 is 28.3 Å². The van der Waals surface area contributed by atoms with E-state index in [0.717, 1.165) is 35.7 Å². The number of nitrogens with two attached hydrogens (primary N) is 2. The number of aryl methyl sites for hydroxylation is 1. The molecule has 0 bridgehead atoms. The van der Waals surface area contributed by atoms with Crippen LogP contribution in [0.15, 0.2) is 58.8 Å². The van der Waals surface area contributed by atoms with E-state index < -0.39 is 0 Å². The van der Waals surface area contributed by atoms with Crippen LogP contribution < -0.4 is 32.9 Å². The second kappa shape index (κ2) is 16.8. The third kappa shape index (κ3) is 12.6. The predicted octanol–water partition coefficient (Wildman–Crippen LogP) is 2.58. The van der Waals surface area contributed by atoms with Crippen LogP contribution in [0.25, 0.3) is 0 Å². The first kappa shape index (κ1) is 27.2. The molecule has 2 rings (SSSR count). The summed E-state index contributed by atoms with van der Waals surface area (Å²) in [6.45, 7) is 2.89. The average Bonchev–Trinajstić information content (AvgIpc) is 2.76. The molecule has 0 amide bonds. The zero-order valence-corrected chi connectivity index (χ0v) is 20.8. The fourth-order valence-electron chi connectivity index (χ4n) is 3.00. The van der Waals surface area contributed by atoms with Crippen LogP contribution in [0.5, 0.6) is 5.75 Å². The highest BCUT2D eigenvalue weighted by atomic mass is 79.9. The Bertz CT molecular complexity index is 766. The minimum absolute atomic E-state index is 0. The SMILES string of the molecule is CCCCCCCCc1ccc(N=Nc2ccc(OCCCSC(N)=[NH2+])cc2)cc1.[Br-]. The Morgan fingerprint density at radius 1 is 0.871 bits per heavy atom. The van der Waals surface area contributed by atoms with Crippen LogP contribution in [0, 0.1) is 0 Å². The van der Waals surface area contributed by atoms with Crippen molar-refractivity contribution in [3.63, 3.8) is 0 Å². The van der Waals surface area contributed by atoms with E-state index in [1.807, 2.05) is 36.4 Å². The van der Waals surface area contributed by atoms with Crippen LogP contribution in [0.3, 0.4) is 0 Å². The Labute approximate surface area is 201 Å². The first-order valence-corrected chi connectivity index (χ1v) is 11.9. The second-order valence-electron chi connectivity index (χ2n) is 7.33. The third-order valence-corrected chi connectivity index (χ3v) is 5.53. The summed E-state index contributed by atoms with van der Waals surface area (Å²) in [6.07, 6.45) is 9.99. The van der Waals surface area contributed by atoms with Crippen molar-refractivity contribution < 1.29 is 27.1 Å². The molecule has 31 heavy (non-hydrogen) atoms. The molecule has 0 saturated heterocycles. The van der Waals surface area contributed by atoms with Crippen LogP contribution in [0.1, 0.15) is 57.4 Å². The average molecular weight is 508 g/mol. The normalized spacial score (nSPS) is 10.7. The van der Waals surface area contributed by atoms with E-state index in [-0.39, 0.29) is 17.0 Å². The number of amidine groups is 1. The van der Waals surface area contributed by atoms with Gasteiger partial charge in [-0.3, -0.25) is 11.1 Å². The molecule has 0 radical (unpaired) electrons. The number of unbranched alkanes of at least 4 members (excludes halogenated alkanes) is 5. The molecule has 7 heteroatoms. The molecule has 4 N–H and O–H groups in total. The molecule has 2 aromatic carbocycles. The van der Waals surface area contributed by atoms with Crippen molar-refractivity contribution in [2.45, 2.75) is 58.3 Å². The Morgan fingerprint density at radius 3 is 2.06 bits per heavy atom. The highest BCUT2D eigenvalue weighted by Gasteiger charge is 1.99. The van der Waals surface area contributed by atoms with Crippen molar-refractivity contribution in [3.05, 3.63) is 54.1 Å². The molecule has 0 aliphatic heterocycles. The summed E-state index contributed by atoms with van der Waals surface area (Å²) in [5, 5.41) is 14.5. The number of halogens is 1. The molecule has 0 heterocycles. The Morgan fingerprint density at radius 2 is 1.45 bits per heavy atom. The lowest BCUT2D eigenvalue weighted by atomic mass is 10.0. The number of ether oxygens (including phenoxy) is 1. The number of nitrogens with zero attached hydrogens (tertiary/aromatic N) is 2. The number of azo groups is 1. The summed E-state index contributed by atoms with van der Waals surface area (Å²) in [6, 6.07) is 16.0. The molecule has 2 aromatic rings. The van der Waals surface area contributed by atoms with Gasteiger partial charge in [-0.1, -0.05) is 51.2 Å². The Balaban J connectivity index is 0.00000480. The molecule has 170 valence electrons. The van der Waals surface area contributed by atoms with Gasteiger partial charge < -0.3 is 21.7 Å². The number of rotatable bonds is 14. The fraction of sp³-hybridized carbons (Fsp3) is 0.458. The quantitative estimate of drug-likeness (QED) is 0.178. The minimum Gasteiger partial charge on any atom is -1.00 e. The lowest BCUT2D eigenvalue weighted by molar-refractivity contribution is -0.110. The molecule has 0 aliphatic rings. The van der Waals surface area contributed by atoms with Crippen LogP contribution in [0.4, 0.5) is 11.4 Å². The first-order chi connectivity index (χ1) is 14.7. The summed E-state index contributed by atoms with van der Waals surface area (Å²) in [5.41, 5.74) is 8.46. The summed E-state index contributed by atoms with van der Waals surface area (Å²) in [5.74, 6) is 1.68. The number of hydrogen-bond donors (Lipinski definition) is 2. The van der Waals surface area contributed by atoms with Crippen LogP contribution >= 0.6 is 11.8 Å². The maximum absolute atomic E-state index is 5.70. The fourth-order valence-corrected chi connectivity index (χ4v) is 3.50. The van der Waals surface area contributed by atoms with Gasteiger partial charge in [-0.05, 0) is 73.0 Å². The largest absolute Gasteiger partial charge is 1.00 e. The predicted molar refractivity (Wildman–Crippen MR) is 128 cm³/mol. The van der Waals surface area contributed by atoms with E-state index in [0.29, 0.717) is 11.8 Å². The van der Waals surface area contributed by atoms with Gasteiger partial charge in [-0.2, -0.15) is 10.2 Å². The van der Waals surface area contributed by atoms with Crippen molar-refractivity contribution in [3.8, 4) is 5.75 Å². The lowest BCUT2D eigenvalue weighted by Gasteiger charge is -2.05. The number of hydrogen-bond acceptors (Lipinski definition) is 4. The van der Waals surface area contributed by atoms with Gasteiger partial charge in [0.15, 0.2) is 0 Å². The van der Waals surface area contributed by atoms with E-state index >= 15 is 0 Å². The molecule has 0 fully saturated rings. The molecule has 0 saturated carbocycles. The van der Waals surface area contributed by atoms with Gasteiger partial charge >= 0.3 is 0 Å². The molecular formula is C24H35BrN4OS. The first-order valence-electron chi connectivity index (χ1n) is 10.9. The van der Waals surface area contributed by atoms with E-state index in [2.05, 4.69) is 29.3 Å². The summed E-state index contributed by atoms with van der Waals surface area (Å²) >= 11 is 1.45. The van der Waals surface area contributed by atoms with Crippen molar-refractivity contribution in [1.29, 1.82) is 0 Å². The van der Waals surface area contributed by atoms with Crippen LogP contribution in [-0.4, -0.2) is 17.5 Å². The van der Waals surface area contributed by atoms with Gasteiger partial charge in [-0.25, -0.2) is 0 Å². The Hall–Kier alpha value is -1.86. The summed E-state index contributed by atoms with van der Waals surface area (Å²) in [7, 11) is 0. The van der Waals surface area contributed by atoms with E-state index in [4.69, 9.17) is 15.9 Å². The van der Waals surface area contributed by atoms with Crippen molar-refractivity contribution in [1.82, 2.24) is 0 Å². The molecule has 0 aromatic heterocycles. The Kier molecular flexibility index (Phi) is 14.7. The zero-order valence-electron chi connectivity index (χ0n) is 18.4. The molecule has 0 atom stereocenters.